The van der Waals surface area contributed by atoms with Crippen LogP contribution in [0, 0.1) is 5.92 Å². The summed E-state index contributed by atoms with van der Waals surface area (Å²) in [7, 11) is -3.53. The zero-order valence-corrected chi connectivity index (χ0v) is 13.6. The molecule has 19 heavy (non-hydrogen) atoms. The molecule has 1 saturated heterocycles. The van der Waals surface area contributed by atoms with Crippen LogP contribution >= 0.6 is 35.1 Å². The fourth-order valence-corrected chi connectivity index (χ4v) is 6.65. The lowest BCUT2D eigenvalue weighted by molar-refractivity contribution is 0.209. The molecule has 1 fully saturated rings. The van der Waals surface area contributed by atoms with E-state index < -0.39 is 10.0 Å². The summed E-state index contributed by atoms with van der Waals surface area (Å²) in [5, 5.41) is 9.45. The molecule has 8 heteroatoms. The number of allylic oxidation sites excluding steroid dienone is 1. The van der Waals surface area contributed by atoms with E-state index in [4.69, 9.17) is 11.6 Å². The molecule has 0 aromatic rings. The van der Waals surface area contributed by atoms with Crippen LogP contribution in [-0.2, 0) is 10.0 Å². The molecule has 110 valence electrons. The van der Waals surface area contributed by atoms with Gasteiger partial charge in [-0.25, -0.2) is 13.1 Å². The Bertz CT molecular complexity index is 434. The molecule has 2 rings (SSSR count). The Morgan fingerprint density at radius 1 is 1.47 bits per heavy atom. The first kappa shape index (κ1) is 16.0. The normalized spacial score (nSPS) is 27.3. The van der Waals surface area contributed by atoms with Crippen LogP contribution in [0.4, 0.5) is 0 Å². The molecule has 0 aromatic heterocycles. The third-order valence-electron chi connectivity index (χ3n) is 3.32. The van der Waals surface area contributed by atoms with Gasteiger partial charge in [-0.05, 0) is 36.7 Å². The van der Waals surface area contributed by atoms with Gasteiger partial charge in [0.25, 0.3) is 0 Å². The van der Waals surface area contributed by atoms with Gasteiger partial charge < -0.3 is 5.11 Å². The van der Waals surface area contributed by atoms with Gasteiger partial charge in [-0.1, -0.05) is 17.8 Å². The van der Waals surface area contributed by atoms with Crippen LogP contribution in [0.1, 0.15) is 19.3 Å². The summed E-state index contributed by atoms with van der Waals surface area (Å²) in [5.74, 6) is 2.29. The molecule has 0 saturated carbocycles. The summed E-state index contributed by atoms with van der Waals surface area (Å²) < 4.78 is 27.2. The number of rotatable bonds is 5. The standard InChI is InChI=1S/C11H18ClNO3S3/c12-10-1-2-11(18-10)19(15,16)13-9(7-14)8-3-5-17-6-4-8/h2,8-10,13-14H,1,3-7H2. The van der Waals surface area contributed by atoms with Crippen LogP contribution in [0.25, 0.3) is 0 Å². The zero-order chi connectivity index (χ0) is 13.9. The van der Waals surface area contributed by atoms with E-state index in [-0.39, 0.29) is 27.5 Å². The van der Waals surface area contributed by atoms with Gasteiger partial charge in [-0.3, -0.25) is 0 Å². The van der Waals surface area contributed by atoms with Crippen LogP contribution in [0.5, 0.6) is 0 Å². The Labute approximate surface area is 127 Å². The third kappa shape index (κ3) is 4.28. The Morgan fingerprint density at radius 3 is 2.68 bits per heavy atom. The second-order valence-corrected chi connectivity index (χ2v) is 9.84. The van der Waals surface area contributed by atoms with Crippen molar-refractivity contribution in [3.63, 3.8) is 0 Å². The van der Waals surface area contributed by atoms with Crippen LogP contribution in [-0.4, -0.2) is 42.4 Å². The predicted octanol–water partition coefficient (Wildman–Crippen LogP) is 1.95. The molecule has 2 unspecified atom stereocenters. The summed E-state index contributed by atoms with van der Waals surface area (Å²) in [5.41, 5.74) is 0. The Balaban J connectivity index is 2.00. The Morgan fingerprint density at radius 2 is 2.16 bits per heavy atom. The quantitative estimate of drug-likeness (QED) is 0.747. The van der Waals surface area contributed by atoms with Gasteiger partial charge in [0.2, 0.25) is 10.0 Å². The number of nitrogens with one attached hydrogen (secondary N) is 1. The van der Waals surface area contributed by atoms with Gasteiger partial charge in [0.15, 0.2) is 0 Å². The second kappa shape index (κ2) is 7.04. The van der Waals surface area contributed by atoms with Crippen molar-refractivity contribution < 1.29 is 13.5 Å². The minimum Gasteiger partial charge on any atom is -0.395 e. The van der Waals surface area contributed by atoms with E-state index in [0.717, 1.165) is 36.1 Å². The van der Waals surface area contributed by atoms with Crippen molar-refractivity contribution in [1.82, 2.24) is 4.72 Å². The van der Waals surface area contributed by atoms with E-state index >= 15 is 0 Å². The fraction of sp³-hybridized carbons (Fsp3) is 0.818. The van der Waals surface area contributed by atoms with E-state index in [0.29, 0.717) is 6.42 Å². The van der Waals surface area contributed by atoms with Crippen molar-refractivity contribution >= 4 is 45.1 Å². The van der Waals surface area contributed by atoms with Gasteiger partial charge in [-0.2, -0.15) is 11.8 Å². The highest BCUT2D eigenvalue weighted by atomic mass is 35.5. The van der Waals surface area contributed by atoms with Crippen molar-refractivity contribution in [2.24, 2.45) is 5.92 Å². The van der Waals surface area contributed by atoms with Crippen LogP contribution in [0.3, 0.4) is 0 Å². The van der Waals surface area contributed by atoms with Gasteiger partial charge in [0.05, 0.1) is 11.3 Å². The molecule has 0 amide bonds. The largest absolute Gasteiger partial charge is 0.395 e. The number of aliphatic hydroxyl groups is 1. The monoisotopic (exact) mass is 343 g/mol. The van der Waals surface area contributed by atoms with Crippen LogP contribution in [0.15, 0.2) is 10.3 Å². The SMILES string of the molecule is O=S(=O)(NC(CO)C1CCSCC1)C1=CCC(Cl)S1. The minimum atomic E-state index is -3.53. The van der Waals surface area contributed by atoms with Crippen LogP contribution < -0.4 is 4.72 Å². The van der Waals surface area contributed by atoms with Crippen molar-refractivity contribution in [3.05, 3.63) is 10.3 Å². The smallest absolute Gasteiger partial charge is 0.246 e. The molecular formula is C11H18ClNO3S3. The van der Waals surface area contributed by atoms with Crippen molar-refractivity contribution in [1.29, 1.82) is 0 Å². The van der Waals surface area contributed by atoms with Gasteiger partial charge in [-0.15, -0.1) is 11.6 Å². The number of sulfonamides is 1. The Hall–Kier alpha value is 0.600. The molecule has 4 nitrogen and oxygen atoms in total. The van der Waals surface area contributed by atoms with E-state index in [1.54, 1.807) is 6.08 Å². The lowest BCUT2D eigenvalue weighted by atomic mass is 9.95. The maximum absolute atomic E-state index is 12.2. The highest BCUT2D eigenvalue weighted by Crippen LogP contribution is 2.38. The molecule has 0 aliphatic carbocycles. The van der Waals surface area contributed by atoms with E-state index in [9.17, 15) is 13.5 Å². The van der Waals surface area contributed by atoms with Crippen molar-refractivity contribution in [2.45, 2.75) is 30.0 Å². The number of alkyl halides is 1. The van der Waals surface area contributed by atoms with E-state index in [1.165, 1.54) is 0 Å². The Kier molecular flexibility index (Phi) is 5.92. The lowest BCUT2D eigenvalue weighted by Gasteiger charge is -2.29. The molecule has 0 aromatic carbocycles. The van der Waals surface area contributed by atoms with Gasteiger partial charge in [0.1, 0.15) is 4.24 Å². The summed E-state index contributed by atoms with van der Waals surface area (Å²) in [6, 6.07) is -0.387. The predicted molar refractivity (Wildman–Crippen MR) is 82.9 cm³/mol. The summed E-state index contributed by atoms with van der Waals surface area (Å²) in [6.07, 6.45) is 4.10. The number of hydrogen-bond acceptors (Lipinski definition) is 5. The summed E-state index contributed by atoms with van der Waals surface area (Å²) in [6.45, 7) is -0.156. The second-order valence-electron chi connectivity index (χ2n) is 4.65. The van der Waals surface area contributed by atoms with E-state index in [1.807, 2.05) is 11.8 Å². The highest BCUT2D eigenvalue weighted by molar-refractivity contribution is 8.19. The topological polar surface area (TPSA) is 66.4 Å². The zero-order valence-electron chi connectivity index (χ0n) is 10.4. The molecule has 0 bridgehead atoms. The van der Waals surface area contributed by atoms with Crippen LogP contribution in [0.2, 0.25) is 0 Å². The molecule has 2 aliphatic rings. The first-order valence-corrected chi connectivity index (χ1v) is 10.2. The number of aliphatic hydroxyl groups excluding tert-OH is 1. The molecule has 2 atom stereocenters. The maximum atomic E-state index is 12.2. The minimum absolute atomic E-state index is 0.156. The number of thioether (sulfide) groups is 2. The molecular weight excluding hydrogens is 326 g/mol. The van der Waals surface area contributed by atoms with Gasteiger partial charge >= 0.3 is 0 Å². The third-order valence-corrected chi connectivity index (χ3v) is 7.91. The summed E-state index contributed by atoms with van der Waals surface area (Å²) >= 11 is 8.94. The molecule has 2 heterocycles. The average Bonchev–Trinajstić information content (AvgIpc) is 2.85. The number of hydrogen-bond donors (Lipinski definition) is 2. The summed E-state index contributed by atoms with van der Waals surface area (Å²) in [4.78, 5) is 0. The van der Waals surface area contributed by atoms with Crippen molar-refractivity contribution in [2.75, 3.05) is 18.1 Å². The molecule has 0 spiro atoms. The average molecular weight is 344 g/mol. The first-order valence-electron chi connectivity index (χ1n) is 6.25. The molecule has 2 N–H and O–H groups in total. The molecule has 0 radical (unpaired) electrons. The molecule has 2 aliphatic heterocycles. The first-order chi connectivity index (χ1) is 9.03. The number of halogens is 1. The lowest BCUT2D eigenvalue weighted by Crippen LogP contribution is -2.44. The maximum Gasteiger partial charge on any atom is 0.246 e. The van der Waals surface area contributed by atoms with Gasteiger partial charge in [0, 0.05) is 6.04 Å². The fourth-order valence-electron chi connectivity index (χ4n) is 2.24. The highest BCUT2D eigenvalue weighted by Gasteiger charge is 2.31. The van der Waals surface area contributed by atoms with Crippen molar-refractivity contribution in [3.8, 4) is 0 Å². The van der Waals surface area contributed by atoms with E-state index in [2.05, 4.69) is 4.72 Å².